The van der Waals surface area contributed by atoms with E-state index in [4.69, 9.17) is 19.9 Å². The molecule has 268 valence electrons. The second kappa shape index (κ2) is 12.9. The summed E-state index contributed by atoms with van der Waals surface area (Å²) in [6.45, 7) is 0. The maximum absolute atomic E-state index is 5.25. The Labute approximate surface area is 334 Å². The monoisotopic (exact) mass is 736 g/mol. The summed E-state index contributed by atoms with van der Waals surface area (Å²) < 4.78 is 0. The van der Waals surface area contributed by atoms with E-state index in [2.05, 4.69) is 158 Å². The minimum Gasteiger partial charge on any atom is -0.245 e. The van der Waals surface area contributed by atoms with Gasteiger partial charge in [-0.25, -0.2) is 19.9 Å². The standard InChI is InChI=1S/C54H32N4/c1-2-7-39(8-3-1)51-45-11-4-5-12-48(45)57-54(58-51)42-23-17-35(18-24-42)47-32-28-41-22-21-40-27-31-46(55-52(40)53(41)56-47)34-15-13-33(14-16-34)43-29-25-38-20-19-36-9-6-10-37-26-30-44(43)50(38)49(36)37/h1-32H. The van der Waals surface area contributed by atoms with Gasteiger partial charge in [0.15, 0.2) is 5.82 Å². The highest BCUT2D eigenvalue weighted by Gasteiger charge is 2.15. The van der Waals surface area contributed by atoms with E-state index in [1.807, 2.05) is 36.4 Å². The number of fused-ring (bicyclic) bond motifs is 4. The first-order valence-corrected chi connectivity index (χ1v) is 19.6. The van der Waals surface area contributed by atoms with Gasteiger partial charge in [-0.1, -0.05) is 176 Å². The van der Waals surface area contributed by atoms with Crippen molar-refractivity contribution in [3.8, 4) is 56.3 Å². The molecule has 0 aliphatic carbocycles. The van der Waals surface area contributed by atoms with Crippen LogP contribution in [0.25, 0.3) is 121 Å². The van der Waals surface area contributed by atoms with Crippen LogP contribution in [-0.4, -0.2) is 19.9 Å². The van der Waals surface area contributed by atoms with Gasteiger partial charge in [0, 0.05) is 38.4 Å². The Kier molecular flexibility index (Phi) is 7.20. The van der Waals surface area contributed by atoms with Crippen molar-refractivity contribution in [1.82, 2.24) is 19.9 Å². The third-order valence-corrected chi connectivity index (χ3v) is 11.6. The third-order valence-electron chi connectivity index (χ3n) is 11.6. The molecule has 0 radical (unpaired) electrons. The molecule has 3 aromatic heterocycles. The average Bonchev–Trinajstić information content (AvgIpc) is 3.30. The molecule has 4 nitrogen and oxygen atoms in total. The summed E-state index contributed by atoms with van der Waals surface area (Å²) >= 11 is 0. The first-order chi connectivity index (χ1) is 28.7. The molecule has 12 aromatic rings. The molecule has 0 N–H and O–H groups in total. The van der Waals surface area contributed by atoms with Gasteiger partial charge in [-0.05, 0) is 61.6 Å². The maximum Gasteiger partial charge on any atom is 0.160 e. The van der Waals surface area contributed by atoms with Crippen molar-refractivity contribution in [1.29, 1.82) is 0 Å². The van der Waals surface area contributed by atoms with Crippen molar-refractivity contribution in [3.63, 3.8) is 0 Å². The van der Waals surface area contributed by atoms with Crippen molar-refractivity contribution >= 4 is 65.0 Å². The Balaban J connectivity index is 0.889. The molecule has 0 atom stereocenters. The predicted molar refractivity (Wildman–Crippen MR) is 241 cm³/mol. The Morgan fingerprint density at radius 1 is 0.276 bits per heavy atom. The fraction of sp³-hybridized carbons (Fsp3) is 0. The number of para-hydroxylation sites is 1. The van der Waals surface area contributed by atoms with Crippen LogP contribution in [0.4, 0.5) is 0 Å². The quantitative estimate of drug-likeness (QED) is 0.165. The number of rotatable bonds is 5. The fourth-order valence-corrected chi connectivity index (χ4v) is 8.71. The Morgan fingerprint density at radius 2 is 0.810 bits per heavy atom. The lowest BCUT2D eigenvalue weighted by Crippen LogP contribution is -1.95. The van der Waals surface area contributed by atoms with E-state index in [-0.39, 0.29) is 0 Å². The zero-order valence-corrected chi connectivity index (χ0v) is 31.3. The van der Waals surface area contributed by atoms with Crippen LogP contribution in [0.1, 0.15) is 0 Å². The van der Waals surface area contributed by atoms with Gasteiger partial charge in [-0.2, -0.15) is 0 Å². The maximum atomic E-state index is 5.25. The highest BCUT2D eigenvalue weighted by Crippen LogP contribution is 2.40. The summed E-state index contributed by atoms with van der Waals surface area (Å²) in [5, 5.41) is 10.9. The molecule has 0 fully saturated rings. The number of aromatic nitrogens is 4. The van der Waals surface area contributed by atoms with Gasteiger partial charge in [0.1, 0.15) is 0 Å². The predicted octanol–water partition coefficient (Wildman–Crippen LogP) is 14.0. The van der Waals surface area contributed by atoms with Crippen LogP contribution in [0.2, 0.25) is 0 Å². The van der Waals surface area contributed by atoms with E-state index in [0.29, 0.717) is 5.82 Å². The van der Waals surface area contributed by atoms with E-state index < -0.39 is 0 Å². The van der Waals surface area contributed by atoms with Crippen LogP contribution in [0, 0.1) is 0 Å². The number of nitrogens with zero attached hydrogens (tertiary/aromatic N) is 4. The van der Waals surface area contributed by atoms with Crippen molar-refractivity contribution < 1.29 is 0 Å². The van der Waals surface area contributed by atoms with E-state index >= 15 is 0 Å². The summed E-state index contributed by atoms with van der Waals surface area (Å²) in [4.78, 5) is 20.5. The van der Waals surface area contributed by atoms with Gasteiger partial charge in [0.05, 0.1) is 33.6 Å². The lowest BCUT2D eigenvalue weighted by molar-refractivity contribution is 1.23. The van der Waals surface area contributed by atoms with Gasteiger partial charge in [0.2, 0.25) is 0 Å². The van der Waals surface area contributed by atoms with Crippen LogP contribution < -0.4 is 0 Å². The molecule has 12 rings (SSSR count). The van der Waals surface area contributed by atoms with Crippen molar-refractivity contribution in [3.05, 3.63) is 194 Å². The SMILES string of the molecule is c1ccc(-c2nc(-c3ccc(-c4ccc5ccc6ccc(-c7ccc(-c8ccc9ccc%10cccc%11ccc8c9c%10%11)cc7)nc6c5n4)cc3)nc3ccccc23)cc1. The summed E-state index contributed by atoms with van der Waals surface area (Å²) in [5.74, 6) is 0.697. The van der Waals surface area contributed by atoms with E-state index in [9.17, 15) is 0 Å². The van der Waals surface area contributed by atoms with Crippen molar-refractivity contribution in [2.45, 2.75) is 0 Å². The molecule has 0 aliphatic heterocycles. The highest BCUT2D eigenvalue weighted by molar-refractivity contribution is 6.25. The van der Waals surface area contributed by atoms with Gasteiger partial charge in [-0.15, -0.1) is 0 Å². The van der Waals surface area contributed by atoms with Crippen molar-refractivity contribution in [2.75, 3.05) is 0 Å². The summed E-state index contributed by atoms with van der Waals surface area (Å²) in [7, 11) is 0. The van der Waals surface area contributed by atoms with Gasteiger partial charge in [-0.3, -0.25) is 0 Å². The van der Waals surface area contributed by atoms with Crippen LogP contribution in [0.3, 0.4) is 0 Å². The molecule has 4 heteroatoms. The molecular weight excluding hydrogens is 705 g/mol. The fourth-order valence-electron chi connectivity index (χ4n) is 8.71. The molecule has 0 aliphatic rings. The topological polar surface area (TPSA) is 51.6 Å². The van der Waals surface area contributed by atoms with E-state index in [1.54, 1.807) is 0 Å². The molecule has 0 saturated heterocycles. The van der Waals surface area contributed by atoms with Crippen LogP contribution in [-0.2, 0) is 0 Å². The molecule has 3 heterocycles. The number of benzene rings is 9. The third kappa shape index (κ3) is 5.23. The highest BCUT2D eigenvalue weighted by atomic mass is 14.9. The zero-order valence-electron chi connectivity index (χ0n) is 31.3. The minimum absolute atomic E-state index is 0.697. The smallest absolute Gasteiger partial charge is 0.160 e. The van der Waals surface area contributed by atoms with Gasteiger partial charge in [0.25, 0.3) is 0 Å². The minimum atomic E-state index is 0.697. The molecule has 58 heavy (non-hydrogen) atoms. The molecule has 0 amide bonds. The number of hydrogen-bond donors (Lipinski definition) is 0. The molecule has 0 saturated carbocycles. The molecular formula is C54H32N4. The Bertz CT molecular complexity index is 3520. The lowest BCUT2D eigenvalue weighted by atomic mass is 9.89. The second-order valence-electron chi connectivity index (χ2n) is 15.0. The van der Waals surface area contributed by atoms with Crippen molar-refractivity contribution in [2.24, 2.45) is 0 Å². The second-order valence-corrected chi connectivity index (χ2v) is 15.0. The first kappa shape index (κ1) is 32.4. The number of hydrogen-bond acceptors (Lipinski definition) is 4. The van der Waals surface area contributed by atoms with E-state index in [0.717, 1.165) is 72.0 Å². The zero-order chi connectivity index (χ0) is 38.2. The molecule has 9 aromatic carbocycles. The first-order valence-electron chi connectivity index (χ1n) is 19.6. The van der Waals surface area contributed by atoms with Crippen LogP contribution in [0.5, 0.6) is 0 Å². The van der Waals surface area contributed by atoms with Gasteiger partial charge < -0.3 is 0 Å². The van der Waals surface area contributed by atoms with Gasteiger partial charge >= 0.3 is 0 Å². The van der Waals surface area contributed by atoms with Crippen LogP contribution >= 0.6 is 0 Å². The number of pyridine rings is 2. The Hall–Kier alpha value is -7.82. The molecule has 0 unspecified atom stereocenters. The summed E-state index contributed by atoms with van der Waals surface area (Å²) in [6, 6.07) is 68.6. The summed E-state index contributed by atoms with van der Waals surface area (Å²) in [5.41, 5.74) is 12.0. The normalized spacial score (nSPS) is 11.8. The van der Waals surface area contributed by atoms with E-state index in [1.165, 1.54) is 43.4 Å². The average molecular weight is 737 g/mol. The molecule has 0 bridgehead atoms. The summed E-state index contributed by atoms with van der Waals surface area (Å²) in [6.07, 6.45) is 0. The van der Waals surface area contributed by atoms with Crippen LogP contribution in [0.15, 0.2) is 194 Å². The largest absolute Gasteiger partial charge is 0.245 e. The molecule has 0 spiro atoms. The Morgan fingerprint density at radius 3 is 1.50 bits per heavy atom. The lowest BCUT2D eigenvalue weighted by Gasteiger charge is -2.14.